The molecule has 28 heavy (non-hydrogen) atoms. The number of hydrogen-bond acceptors (Lipinski definition) is 4. The summed E-state index contributed by atoms with van der Waals surface area (Å²) in [6.45, 7) is 3.87. The first-order chi connectivity index (χ1) is 13.5. The van der Waals surface area contributed by atoms with Crippen LogP contribution in [0.1, 0.15) is 30.9 Å². The van der Waals surface area contributed by atoms with Crippen LogP contribution in [0.3, 0.4) is 0 Å². The maximum atomic E-state index is 12.0. The van der Waals surface area contributed by atoms with Gasteiger partial charge in [0, 0.05) is 28.9 Å². The van der Waals surface area contributed by atoms with E-state index in [0.717, 1.165) is 16.5 Å². The van der Waals surface area contributed by atoms with Crippen LogP contribution in [0, 0.1) is 0 Å². The lowest BCUT2D eigenvalue weighted by Gasteiger charge is -2.08. The van der Waals surface area contributed by atoms with Gasteiger partial charge in [0.05, 0.1) is 5.52 Å². The molecule has 0 saturated carbocycles. The van der Waals surface area contributed by atoms with E-state index in [0.29, 0.717) is 11.6 Å². The lowest BCUT2D eigenvalue weighted by atomic mass is 10.0. The molecular weight excluding hydrogens is 352 g/mol. The maximum absolute atomic E-state index is 12.0. The van der Waals surface area contributed by atoms with Crippen LogP contribution >= 0.6 is 0 Å². The molecule has 0 bridgehead atoms. The van der Waals surface area contributed by atoms with Gasteiger partial charge in [0.25, 0.3) is 5.91 Å². The minimum absolute atomic E-state index is 0.344. The fourth-order valence-electron chi connectivity index (χ4n) is 2.75. The molecule has 0 unspecified atom stereocenters. The molecule has 1 N–H and O–H groups in total. The van der Waals surface area contributed by atoms with Crippen molar-refractivity contribution in [1.29, 1.82) is 0 Å². The molecule has 3 rings (SSSR count). The molecule has 1 heterocycles. The Bertz CT molecular complexity index is 1000. The number of aromatic nitrogens is 1. The molecule has 0 aliphatic heterocycles. The Labute approximate surface area is 164 Å². The number of hydrogen-bond donors (Lipinski definition) is 1. The van der Waals surface area contributed by atoms with E-state index >= 15 is 0 Å². The van der Waals surface area contributed by atoms with Gasteiger partial charge in [-0.3, -0.25) is 9.78 Å². The minimum atomic E-state index is -0.585. The molecule has 0 saturated heterocycles. The van der Waals surface area contributed by atoms with Gasteiger partial charge < -0.3 is 10.1 Å². The molecule has 1 amide bonds. The summed E-state index contributed by atoms with van der Waals surface area (Å²) in [6, 6.07) is 17.1. The smallest absolute Gasteiger partial charge is 0.331 e. The van der Waals surface area contributed by atoms with Crippen LogP contribution in [0.25, 0.3) is 17.0 Å². The number of carbonyl (C=O) groups excluding carboxylic acids is 2. The Morgan fingerprint density at radius 3 is 2.57 bits per heavy atom. The van der Waals surface area contributed by atoms with Crippen LogP contribution < -0.4 is 5.32 Å². The van der Waals surface area contributed by atoms with Crippen LogP contribution in [0.15, 0.2) is 66.9 Å². The molecule has 0 spiro atoms. The van der Waals surface area contributed by atoms with Crippen LogP contribution in [-0.2, 0) is 14.3 Å². The van der Waals surface area contributed by atoms with Crippen molar-refractivity contribution in [2.24, 2.45) is 0 Å². The van der Waals surface area contributed by atoms with Crippen LogP contribution in [0.4, 0.5) is 5.69 Å². The third-order valence-electron chi connectivity index (χ3n) is 4.27. The van der Waals surface area contributed by atoms with Gasteiger partial charge in [0.15, 0.2) is 6.61 Å². The van der Waals surface area contributed by atoms with Crippen molar-refractivity contribution in [3.63, 3.8) is 0 Å². The van der Waals surface area contributed by atoms with E-state index in [-0.39, 0.29) is 12.5 Å². The van der Waals surface area contributed by atoms with Gasteiger partial charge in [-0.25, -0.2) is 4.79 Å². The number of amides is 1. The number of pyridine rings is 1. The zero-order chi connectivity index (χ0) is 19.9. The summed E-state index contributed by atoms with van der Waals surface area (Å²) in [5.74, 6) is -0.543. The average molecular weight is 374 g/mol. The van der Waals surface area contributed by atoms with E-state index in [9.17, 15) is 9.59 Å². The summed E-state index contributed by atoms with van der Waals surface area (Å²) in [6.07, 6.45) is 4.64. The highest BCUT2D eigenvalue weighted by Crippen LogP contribution is 2.18. The lowest BCUT2D eigenvalue weighted by molar-refractivity contribution is -0.142. The standard InChI is InChI=1S/C23H22N2O3/c1-16(2)17-8-11-20(12-9-17)25-21(26)15-28-22(27)13-10-19-6-3-5-18-7-4-14-24-23(18)19/h3-14,16H,15H2,1-2H3,(H,25,26)/b13-10-. The minimum Gasteiger partial charge on any atom is -0.452 e. The van der Waals surface area contributed by atoms with Crippen LogP contribution in [0.2, 0.25) is 0 Å². The van der Waals surface area contributed by atoms with Gasteiger partial charge in [-0.15, -0.1) is 0 Å². The highest BCUT2D eigenvalue weighted by Gasteiger charge is 2.07. The largest absolute Gasteiger partial charge is 0.452 e. The molecule has 0 aliphatic carbocycles. The predicted molar refractivity (Wildman–Crippen MR) is 111 cm³/mol. The molecule has 1 aromatic heterocycles. The fourth-order valence-corrected chi connectivity index (χ4v) is 2.75. The summed E-state index contributed by atoms with van der Waals surface area (Å²) in [7, 11) is 0. The number of rotatable bonds is 6. The summed E-state index contributed by atoms with van der Waals surface area (Å²) >= 11 is 0. The van der Waals surface area contributed by atoms with Gasteiger partial charge in [-0.05, 0) is 35.8 Å². The molecular formula is C23H22N2O3. The Balaban J connectivity index is 1.53. The van der Waals surface area contributed by atoms with E-state index in [2.05, 4.69) is 24.1 Å². The summed E-state index contributed by atoms with van der Waals surface area (Å²) in [5.41, 5.74) is 3.47. The zero-order valence-electron chi connectivity index (χ0n) is 15.9. The number of carbonyl (C=O) groups is 2. The van der Waals surface area contributed by atoms with E-state index in [4.69, 9.17) is 4.74 Å². The number of nitrogens with one attached hydrogen (secondary N) is 1. The molecule has 3 aromatic rings. The molecule has 2 aromatic carbocycles. The number of ether oxygens (including phenoxy) is 1. The topological polar surface area (TPSA) is 68.3 Å². The monoisotopic (exact) mass is 374 g/mol. The molecule has 5 nitrogen and oxygen atoms in total. The summed E-state index contributed by atoms with van der Waals surface area (Å²) < 4.78 is 5.01. The fraction of sp³-hybridized carbons (Fsp3) is 0.174. The van der Waals surface area contributed by atoms with Crippen LogP contribution in [-0.4, -0.2) is 23.5 Å². The lowest BCUT2D eigenvalue weighted by Crippen LogP contribution is -2.20. The third kappa shape index (κ3) is 5.04. The highest BCUT2D eigenvalue weighted by atomic mass is 16.5. The van der Waals surface area contributed by atoms with Crippen molar-refractivity contribution in [1.82, 2.24) is 4.98 Å². The van der Waals surface area contributed by atoms with E-state index in [1.165, 1.54) is 11.6 Å². The predicted octanol–water partition coefficient (Wildman–Crippen LogP) is 4.55. The second-order valence-corrected chi connectivity index (χ2v) is 6.69. The third-order valence-corrected chi connectivity index (χ3v) is 4.27. The Kier molecular flexibility index (Phi) is 6.17. The van der Waals surface area contributed by atoms with Crippen molar-refractivity contribution < 1.29 is 14.3 Å². The Morgan fingerprint density at radius 1 is 1.07 bits per heavy atom. The maximum Gasteiger partial charge on any atom is 0.331 e. The van der Waals surface area contributed by atoms with Crippen molar-refractivity contribution in [2.75, 3.05) is 11.9 Å². The number of nitrogens with zero attached hydrogens (tertiary/aromatic N) is 1. The average Bonchev–Trinajstić information content (AvgIpc) is 2.71. The molecule has 0 radical (unpaired) electrons. The van der Waals surface area contributed by atoms with Gasteiger partial charge in [-0.1, -0.05) is 50.2 Å². The van der Waals surface area contributed by atoms with Crippen molar-refractivity contribution in [2.45, 2.75) is 19.8 Å². The van der Waals surface area contributed by atoms with E-state index in [1.807, 2.05) is 54.6 Å². The first kappa shape index (κ1) is 19.3. The van der Waals surface area contributed by atoms with E-state index < -0.39 is 5.97 Å². The molecule has 5 heteroatoms. The zero-order valence-corrected chi connectivity index (χ0v) is 15.9. The molecule has 0 aliphatic rings. The first-order valence-corrected chi connectivity index (χ1v) is 9.11. The number of benzene rings is 2. The molecule has 0 atom stereocenters. The van der Waals surface area contributed by atoms with Gasteiger partial charge in [0.2, 0.25) is 0 Å². The molecule has 0 fully saturated rings. The number of para-hydroxylation sites is 1. The first-order valence-electron chi connectivity index (χ1n) is 9.11. The SMILES string of the molecule is CC(C)c1ccc(NC(=O)COC(=O)/C=C\c2cccc3cccnc23)cc1. The van der Waals surface area contributed by atoms with Crippen molar-refractivity contribution in [3.8, 4) is 0 Å². The van der Waals surface area contributed by atoms with Gasteiger partial charge in [0.1, 0.15) is 0 Å². The highest BCUT2D eigenvalue weighted by molar-refractivity contribution is 5.96. The van der Waals surface area contributed by atoms with E-state index in [1.54, 1.807) is 12.3 Å². The summed E-state index contributed by atoms with van der Waals surface area (Å²) in [5, 5.41) is 3.70. The van der Waals surface area contributed by atoms with Crippen molar-refractivity contribution in [3.05, 3.63) is 78.0 Å². The quantitative estimate of drug-likeness (QED) is 0.507. The summed E-state index contributed by atoms with van der Waals surface area (Å²) in [4.78, 5) is 28.2. The Hall–Kier alpha value is -3.47. The van der Waals surface area contributed by atoms with Crippen molar-refractivity contribution >= 4 is 34.5 Å². The second kappa shape index (κ2) is 8.95. The number of anilines is 1. The normalized spacial score (nSPS) is 11.1. The molecule has 142 valence electrons. The van der Waals surface area contributed by atoms with Gasteiger partial charge in [-0.2, -0.15) is 0 Å². The second-order valence-electron chi connectivity index (χ2n) is 6.69. The van der Waals surface area contributed by atoms with Crippen LogP contribution in [0.5, 0.6) is 0 Å². The number of esters is 1. The Morgan fingerprint density at radius 2 is 1.82 bits per heavy atom. The van der Waals surface area contributed by atoms with Gasteiger partial charge >= 0.3 is 5.97 Å². The number of fused-ring (bicyclic) bond motifs is 1.